The Labute approximate surface area is 111 Å². The molecular weight excluding hydrogens is 250 g/mol. The van der Waals surface area contributed by atoms with Crippen molar-refractivity contribution in [1.29, 1.82) is 0 Å². The van der Waals surface area contributed by atoms with E-state index in [0.29, 0.717) is 0 Å². The van der Waals surface area contributed by atoms with Crippen molar-refractivity contribution in [2.45, 2.75) is 32.1 Å². The van der Waals surface area contributed by atoms with Crippen molar-refractivity contribution in [1.82, 2.24) is 5.32 Å². The number of nitrogens with one attached hydrogen (secondary N) is 1. The van der Waals surface area contributed by atoms with Crippen LogP contribution in [-0.2, 0) is 16.1 Å². The third kappa shape index (κ3) is 4.59. The highest BCUT2D eigenvalue weighted by molar-refractivity contribution is 5.76. The van der Waals surface area contributed by atoms with Crippen molar-refractivity contribution in [2.24, 2.45) is 0 Å². The number of carbonyl (C=O) groups is 2. The SMILES string of the molecule is CC(C)(NC(=O)OCc1ccccc1)C(O)C(=O)O. The molecular formula is C13H17NO5. The van der Waals surface area contributed by atoms with Crippen LogP contribution in [0.5, 0.6) is 0 Å². The van der Waals surface area contributed by atoms with E-state index in [0.717, 1.165) is 5.56 Å². The molecule has 0 aliphatic heterocycles. The molecule has 0 saturated heterocycles. The van der Waals surface area contributed by atoms with Gasteiger partial charge in [0.2, 0.25) is 0 Å². The summed E-state index contributed by atoms with van der Waals surface area (Å²) in [5.41, 5.74) is -0.506. The number of carboxylic acid groups (broad SMARTS) is 1. The lowest BCUT2D eigenvalue weighted by molar-refractivity contribution is -0.150. The van der Waals surface area contributed by atoms with Gasteiger partial charge < -0.3 is 20.3 Å². The molecule has 0 heterocycles. The first kappa shape index (κ1) is 15.0. The second kappa shape index (κ2) is 6.19. The number of aliphatic hydroxyl groups is 1. The molecule has 0 aliphatic rings. The van der Waals surface area contributed by atoms with Crippen molar-refractivity contribution in [3.05, 3.63) is 35.9 Å². The van der Waals surface area contributed by atoms with Gasteiger partial charge in [0.1, 0.15) is 6.61 Å². The molecule has 0 spiro atoms. The number of ether oxygens (including phenoxy) is 1. The Morgan fingerprint density at radius 2 is 1.89 bits per heavy atom. The fourth-order valence-electron chi connectivity index (χ4n) is 1.40. The van der Waals surface area contributed by atoms with E-state index >= 15 is 0 Å². The van der Waals surface area contributed by atoms with Crippen molar-refractivity contribution in [2.75, 3.05) is 0 Å². The Balaban J connectivity index is 2.49. The van der Waals surface area contributed by atoms with E-state index in [2.05, 4.69) is 5.32 Å². The molecule has 104 valence electrons. The van der Waals surface area contributed by atoms with Gasteiger partial charge in [-0.3, -0.25) is 0 Å². The summed E-state index contributed by atoms with van der Waals surface area (Å²) in [4.78, 5) is 22.2. The van der Waals surface area contributed by atoms with E-state index in [-0.39, 0.29) is 6.61 Å². The van der Waals surface area contributed by atoms with E-state index in [1.165, 1.54) is 13.8 Å². The molecule has 0 radical (unpaired) electrons. The Hall–Kier alpha value is -2.08. The summed E-state index contributed by atoms with van der Waals surface area (Å²) in [7, 11) is 0. The molecule has 3 N–H and O–H groups in total. The van der Waals surface area contributed by atoms with Crippen molar-refractivity contribution < 1.29 is 24.5 Å². The minimum absolute atomic E-state index is 0.0753. The van der Waals surface area contributed by atoms with Crippen molar-refractivity contribution in [3.63, 3.8) is 0 Å². The first-order valence-corrected chi connectivity index (χ1v) is 5.72. The van der Waals surface area contributed by atoms with Crippen LogP contribution in [0, 0.1) is 0 Å². The molecule has 0 fully saturated rings. The zero-order chi connectivity index (χ0) is 14.5. The van der Waals surface area contributed by atoms with Gasteiger partial charge in [0, 0.05) is 0 Å². The normalized spacial score (nSPS) is 12.6. The van der Waals surface area contributed by atoms with Crippen LogP contribution in [0.4, 0.5) is 4.79 Å². The standard InChI is InChI=1S/C13H17NO5/c1-13(2,10(15)11(16)17)14-12(18)19-8-9-6-4-3-5-7-9/h3-7,10,15H,8H2,1-2H3,(H,14,18)(H,16,17). The zero-order valence-electron chi connectivity index (χ0n) is 10.8. The van der Waals surface area contributed by atoms with Gasteiger partial charge in [-0.05, 0) is 19.4 Å². The fraction of sp³-hybridized carbons (Fsp3) is 0.385. The molecule has 1 atom stereocenters. The van der Waals surface area contributed by atoms with Crippen LogP contribution in [0.3, 0.4) is 0 Å². The highest BCUT2D eigenvalue weighted by atomic mass is 16.5. The molecule has 1 amide bonds. The quantitative estimate of drug-likeness (QED) is 0.743. The zero-order valence-corrected chi connectivity index (χ0v) is 10.8. The van der Waals surface area contributed by atoms with Gasteiger partial charge in [0.05, 0.1) is 5.54 Å². The van der Waals surface area contributed by atoms with Gasteiger partial charge in [-0.15, -0.1) is 0 Å². The predicted molar refractivity (Wildman–Crippen MR) is 67.5 cm³/mol. The molecule has 0 bridgehead atoms. The largest absolute Gasteiger partial charge is 0.479 e. The van der Waals surface area contributed by atoms with Crippen LogP contribution in [-0.4, -0.2) is 33.9 Å². The molecule has 0 saturated carbocycles. The predicted octanol–water partition coefficient (Wildman–Crippen LogP) is 1.14. The molecule has 6 heteroatoms. The highest BCUT2D eigenvalue weighted by Gasteiger charge is 2.35. The number of hydrogen-bond acceptors (Lipinski definition) is 4. The monoisotopic (exact) mass is 267 g/mol. The topological polar surface area (TPSA) is 95.9 Å². The number of carboxylic acids is 1. The van der Waals surface area contributed by atoms with E-state index in [9.17, 15) is 14.7 Å². The Kier molecular flexibility index (Phi) is 4.88. The Bertz CT molecular complexity index is 444. The maximum atomic E-state index is 11.5. The summed E-state index contributed by atoms with van der Waals surface area (Å²) >= 11 is 0. The molecule has 19 heavy (non-hydrogen) atoms. The second-order valence-electron chi connectivity index (χ2n) is 4.65. The summed E-state index contributed by atoms with van der Waals surface area (Å²) in [5.74, 6) is -1.41. The number of aliphatic hydroxyl groups excluding tert-OH is 1. The van der Waals surface area contributed by atoms with Crippen LogP contribution in [0.2, 0.25) is 0 Å². The summed E-state index contributed by atoms with van der Waals surface area (Å²) in [6.45, 7) is 2.87. The summed E-state index contributed by atoms with van der Waals surface area (Å²) in [5, 5.41) is 20.4. The third-order valence-electron chi connectivity index (χ3n) is 2.55. The van der Waals surface area contributed by atoms with Crippen LogP contribution in [0.25, 0.3) is 0 Å². The van der Waals surface area contributed by atoms with Gasteiger partial charge >= 0.3 is 12.1 Å². The number of alkyl carbamates (subject to hydrolysis) is 1. The first-order valence-electron chi connectivity index (χ1n) is 5.72. The van der Waals surface area contributed by atoms with E-state index in [1.54, 1.807) is 12.1 Å². The van der Waals surface area contributed by atoms with E-state index in [4.69, 9.17) is 9.84 Å². The molecule has 1 rings (SSSR count). The molecule has 0 aliphatic carbocycles. The lowest BCUT2D eigenvalue weighted by Gasteiger charge is -2.28. The maximum Gasteiger partial charge on any atom is 0.407 e. The van der Waals surface area contributed by atoms with Crippen LogP contribution in [0.15, 0.2) is 30.3 Å². The fourth-order valence-corrected chi connectivity index (χ4v) is 1.40. The summed E-state index contributed by atoms with van der Waals surface area (Å²) < 4.78 is 4.94. The number of aliphatic carboxylic acids is 1. The lowest BCUT2D eigenvalue weighted by atomic mass is 9.98. The highest BCUT2D eigenvalue weighted by Crippen LogP contribution is 2.10. The third-order valence-corrected chi connectivity index (χ3v) is 2.55. The van der Waals surface area contributed by atoms with E-state index in [1.807, 2.05) is 18.2 Å². The summed E-state index contributed by atoms with van der Waals surface area (Å²) in [6.07, 6.45) is -2.49. The Morgan fingerprint density at radius 1 is 1.32 bits per heavy atom. The number of benzene rings is 1. The molecule has 0 aromatic heterocycles. The van der Waals surface area contributed by atoms with Crippen molar-refractivity contribution >= 4 is 12.1 Å². The van der Waals surface area contributed by atoms with Crippen LogP contribution in [0.1, 0.15) is 19.4 Å². The van der Waals surface area contributed by atoms with Gasteiger partial charge in [0.15, 0.2) is 6.10 Å². The number of amides is 1. The van der Waals surface area contributed by atoms with Gasteiger partial charge in [-0.1, -0.05) is 30.3 Å². The minimum atomic E-state index is -1.71. The first-order chi connectivity index (χ1) is 8.83. The van der Waals surface area contributed by atoms with Crippen molar-refractivity contribution in [3.8, 4) is 0 Å². The molecule has 6 nitrogen and oxygen atoms in total. The van der Waals surface area contributed by atoms with Crippen LogP contribution >= 0.6 is 0 Å². The summed E-state index contributed by atoms with van der Waals surface area (Å²) in [6, 6.07) is 9.06. The second-order valence-corrected chi connectivity index (χ2v) is 4.65. The smallest absolute Gasteiger partial charge is 0.407 e. The minimum Gasteiger partial charge on any atom is -0.479 e. The molecule has 1 aromatic carbocycles. The average Bonchev–Trinajstić information content (AvgIpc) is 2.36. The van der Waals surface area contributed by atoms with E-state index < -0.39 is 23.7 Å². The van der Waals surface area contributed by atoms with Gasteiger partial charge in [-0.25, -0.2) is 9.59 Å². The molecule has 1 unspecified atom stereocenters. The van der Waals surface area contributed by atoms with Crippen LogP contribution < -0.4 is 5.32 Å². The Morgan fingerprint density at radius 3 is 2.42 bits per heavy atom. The number of rotatable bonds is 5. The number of hydrogen-bond donors (Lipinski definition) is 3. The van der Waals surface area contributed by atoms with Gasteiger partial charge in [-0.2, -0.15) is 0 Å². The average molecular weight is 267 g/mol. The molecule has 1 aromatic rings. The lowest BCUT2D eigenvalue weighted by Crippen LogP contribution is -2.55. The number of carbonyl (C=O) groups excluding carboxylic acids is 1. The maximum absolute atomic E-state index is 11.5. The van der Waals surface area contributed by atoms with Gasteiger partial charge in [0.25, 0.3) is 0 Å².